The number of hydrogen-bond donors (Lipinski definition) is 2. The second-order valence-corrected chi connectivity index (χ2v) is 6.31. The van der Waals surface area contributed by atoms with E-state index >= 15 is 0 Å². The van der Waals surface area contributed by atoms with E-state index in [9.17, 15) is 13.2 Å². The Morgan fingerprint density at radius 1 is 1.19 bits per heavy atom. The molecule has 0 aliphatic carbocycles. The molecule has 2 aromatic rings. The molecule has 2 rings (SSSR count). The molecule has 1 unspecified atom stereocenters. The molecular formula is C14H16N2O4S. The van der Waals surface area contributed by atoms with Crippen LogP contribution >= 0.6 is 0 Å². The molecule has 112 valence electrons. The third kappa shape index (κ3) is 3.85. The van der Waals surface area contributed by atoms with Gasteiger partial charge in [-0.3, -0.25) is 0 Å². The summed E-state index contributed by atoms with van der Waals surface area (Å²) in [6, 6.07) is 8.36. The van der Waals surface area contributed by atoms with Crippen LogP contribution in [0.5, 0.6) is 0 Å². The van der Waals surface area contributed by atoms with Crippen molar-refractivity contribution in [3.63, 3.8) is 0 Å². The van der Waals surface area contributed by atoms with Crippen LogP contribution in [0.15, 0.2) is 52.0 Å². The van der Waals surface area contributed by atoms with Crippen molar-refractivity contribution in [1.82, 2.24) is 10.0 Å². The van der Waals surface area contributed by atoms with Crippen LogP contribution in [0.4, 0.5) is 4.79 Å². The van der Waals surface area contributed by atoms with Gasteiger partial charge in [-0.05, 0) is 38.1 Å². The molecule has 0 fully saturated rings. The molecule has 0 spiro atoms. The third-order valence-corrected chi connectivity index (χ3v) is 4.22. The zero-order valence-electron chi connectivity index (χ0n) is 11.7. The summed E-state index contributed by atoms with van der Waals surface area (Å²) in [7, 11) is -3.88. The number of aryl methyl sites for hydroxylation is 1. The van der Waals surface area contributed by atoms with E-state index in [1.807, 2.05) is 11.6 Å². The van der Waals surface area contributed by atoms with Crippen molar-refractivity contribution in [1.29, 1.82) is 0 Å². The van der Waals surface area contributed by atoms with E-state index in [2.05, 4.69) is 5.32 Å². The first-order valence-corrected chi connectivity index (χ1v) is 7.80. The average molecular weight is 308 g/mol. The molecule has 6 nitrogen and oxygen atoms in total. The smallest absolute Gasteiger partial charge is 0.329 e. The number of sulfonamides is 1. The minimum Gasteiger partial charge on any atom is -0.467 e. The third-order valence-electron chi connectivity index (χ3n) is 2.88. The molecule has 1 aromatic heterocycles. The van der Waals surface area contributed by atoms with Crippen LogP contribution in [0, 0.1) is 6.92 Å². The molecule has 0 aliphatic heterocycles. The van der Waals surface area contributed by atoms with Crippen molar-refractivity contribution in [3.8, 4) is 0 Å². The van der Waals surface area contributed by atoms with Crippen LogP contribution in [0.25, 0.3) is 0 Å². The first-order chi connectivity index (χ1) is 9.88. The highest BCUT2D eigenvalue weighted by Gasteiger charge is 2.19. The van der Waals surface area contributed by atoms with Gasteiger partial charge < -0.3 is 9.73 Å². The van der Waals surface area contributed by atoms with Crippen LogP contribution in [-0.4, -0.2) is 14.4 Å². The summed E-state index contributed by atoms with van der Waals surface area (Å²) in [6.45, 7) is 3.54. The van der Waals surface area contributed by atoms with Crippen molar-refractivity contribution in [3.05, 3.63) is 54.0 Å². The largest absolute Gasteiger partial charge is 0.467 e. The van der Waals surface area contributed by atoms with Gasteiger partial charge in [0.25, 0.3) is 10.0 Å². The molecule has 21 heavy (non-hydrogen) atoms. The Morgan fingerprint density at radius 2 is 1.86 bits per heavy atom. The maximum atomic E-state index is 12.0. The predicted octanol–water partition coefficient (Wildman–Crippen LogP) is 2.34. The first-order valence-electron chi connectivity index (χ1n) is 6.32. The zero-order chi connectivity index (χ0) is 15.5. The molecule has 0 radical (unpaired) electrons. The van der Waals surface area contributed by atoms with E-state index < -0.39 is 22.1 Å². The molecule has 1 atom stereocenters. The number of benzene rings is 1. The number of amides is 2. The van der Waals surface area contributed by atoms with E-state index in [1.165, 1.54) is 18.4 Å². The normalized spacial score (nSPS) is 12.7. The van der Waals surface area contributed by atoms with Gasteiger partial charge in [0.2, 0.25) is 0 Å². The predicted molar refractivity (Wildman–Crippen MR) is 77.2 cm³/mol. The van der Waals surface area contributed by atoms with Gasteiger partial charge >= 0.3 is 6.03 Å². The number of carbonyl (C=O) groups excluding carboxylic acids is 1. The maximum absolute atomic E-state index is 12.0. The number of hydrogen-bond acceptors (Lipinski definition) is 4. The molecule has 2 N–H and O–H groups in total. The second kappa shape index (κ2) is 6.01. The Hall–Kier alpha value is -2.28. The fraction of sp³-hybridized carbons (Fsp3) is 0.214. The van der Waals surface area contributed by atoms with Gasteiger partial charge in [-0.15, -0.1) is 0 Å². The summed E-state index contributed by atoms with van der Waals surface area (Å²) in [5.41, 5.74) is 0.935. The lowest BCUT2D eigenvalue weighted by Crippen LogP contribution is -2.40. The highest BCUT2D eigenvalue weighted by Crippen LogP contribution is 2.13. The number of rotatable bonds is 4. The van der Waals surface area contributed by atoms with Gasteiger partial charge in [0.1, 0.15) is 5.76 Å². The van der Waals surface area contributed by atoms with E-state index in [4.69, 9.17) is 4.42 Å². The van der Waals surface area contributed by atoms with E-state index in [0.717, 1.165) is 5.56 Å². The van der Waals surface area contributed by atoms with Crippen LogP contribution in [0.3, 0.4) is 0 Å². The number of furan rings is 1. The summed E-state index contributed by atoms with van der Waals surface area (Å²) in [4.78, 5) is 11.8. The second-order valence-electron chi connectivity index (χ2n) is 4.63. The summed E-state index contributed by atoms with van der Waals surface area (Å²) >= 11 is 0. The zero-order valence-corrected chi connectivity index (χ0v) is 12.5. The van der Waals surface area contributed by atoms with Gasteiger partial charge in [0.15, 0.2) is 0 Å². The summed E-state index contributed by atoms with van der Waals surface area (Å²) in [6.07, 6.45) is 1.48. The fourth-order valence-corrected chi connectivity index (χ4v) is 2.65. The summed E-state index contributed by atoms with van der Waals surface area (Å²) in [5, 5.41) is 2.50. The molecule has 0 saturated heterocycles. The van der Waals surface area contributed by atoms with Gasteiger partial charge in [-0.1, -0.05) is 17.7 Å². The Kier molecular flexibility index (Phi) is 4.32. The number of nitrogens with one attached hydrogen (secondary N) is 2. The maximum Gasteiger partial charge on any atom is 0.329 e. The van der Waals surface area contributed by atoms with Crippen LogP contribution < -0.4 is 10.0 Å². The van der Waals surface area contributed by atoms with Gasteiger partial charge in [0.05, 0.1) is 17.2 Å². The van der Waals surface area contributed by atoms with Crippen molar-refractivity contribution in [2.45, 2.75) is 24.8 Å². The van der Waals surface area contributed by atoms with Crippen molar-refractivity contribution in [2.75, 3.05) is 0 Å². The van der Waals surface area contributed by atoms with Crippen molar-refractivity contribution < 1.29 is 17.6 Å². The summed E-state index contributed by atoms with van der Waals surface area (Å²) < 4.78 is 31.2. The van der Waals surface area contributed by atoms with Crippen molar-refractivity contribution in [2.24, 2.45) is 0 Å². The van der Waals surface area contributed by atoms with Crippen molar-refractivity contribution >= 4 is 16.1 Å². The van der Waals surface area contributed by atoms with E-state index in [-0.39, 0.29) is 4.90 Å². The monoisotopic (exact) mass is 308 g/mol. The molecule has 7 heteroatoms. The Bertz CT molecular complexity index is 706. The molecule has 0 aliphatic rings. The Labute approximate surface area is 123 Å². The quantitative estimate of drug-likeness (QED) is 0.907. The molecule has 2 amide bonds. The van der Waals surface area contributed by atoms with Gasteiger partial charge in [0, 0.05) is 0 Å². The first kappa shape index (κ1) is 15.1. The lowest BCUT2D eigenvalue weighted by Gasteiger charge is -2.12. The molecule has 1 aromatic carbocycles. The van der Waals surface area contributed by atoms with Gasteiger partial charge in [-0.2, -0.15) is 0 Å². The molecule has 0 bridgehead atoms. The highest BCUT2D eigenvalue weighted by molar-refractivity contribution is 7.90. The van der Waals surface area contributed by atoms with Crippen LogP contribution in [0.2, 0.25) is 0 Å². The van der Waals surface area contributed by atoms with E-state index in [0.29, 0.717) is 5.76 Å². The number of carbonyl (C=O) groups is 1. The standard InChI is InChI=1S/C14H16N2O4S/c1-10-5-7-12(8-6-10)21(18,19)16-14(17)15-11(2)13-4-3-9-20-13/h3-9,11H,1-2H3,(H2,15,16,17). The lowest BCUT2D eigenvalue weighted by atomic mass is 10.2. The van der Waals surface area contributed by atoms with Crippen LogP contribution in [-0.2, 0) is 10.0 Å². The van der Waals surface area contributed by atoms with Crippen LogP contribution in [0.1, 0.15) is 24.3 Å². The minimum atomic E-state index is -3.88. The Morgan fingerprint density at radius 3 is 2.43 bits per heavy atom. The Balaban J connectivity index is 2.03. The lowest BCUT2D eigenvalue weighted by molar-refractivity contribution is 0.241. The average Bonchev–Trinajstić information content (AvgIpc) is 2.92. The molecule has 1 heterocycles. The number of urea groups is 1. The van der Waals surface area contributed by atoms with E-state index in [1.54, 1.807) is 31.2 Å². The van der Waals surface area contributed by atoms with Gasteiger partial charge in [-0.25, -0.2) is 17.9 Å². The molecule has 0 saturated carbocycles. The topological polar surface area (TPSA) is 88.4 Å². The fourth-order valence-electron chi connectivity index (χ4n) is 1.73. The SMILES string of the molecule is Cc1ccc(S(=O)(=O)NC(=O)NC(C)c2ccco2)cc1. The molecular weight excluding hydrogens is 292 g/mol. The minimum absolute atomic E-state index is 0.0360. The highest BCUT2D eigenvalue weighted by atomic mass is 32.2. The summed E-state index contributed by atoms with van der Waals surface area (Å²) in [5.74, 6) is 0.540.